The molecule has 0 radical (unpaired) electrons. The molecule has 176 valence electrons. The van der Waals surface area contributed by atoms with Gasteiger partial charge in [0.1, 0.15) is 0 Å². The fraction of sp³-hybridized carbons (Fsp3) is 0.357. The van der Waals surface area contributed by atoms with Crippen LogP contribution in [-0.2, 0) is 30.1 Å². The molecule has 6 heteroatoms. The van der Waals surface area contributed by atoms with E-state index in [9.17, 15) is 0 Å². The van der Waals surface area contributed by atoms with Crippen LogP contribution in [0.2, 0.25) is 0 Å². The maximum absolute atomic E-state index is 6.77. The van der Waals surface area contributed by atoms with Gasteiger partial charge in [-0.25, -0.2) is 0 Å². The van der Waals surface area contributed by atoms with Gasteiger partial charge in [0, 0.05) is 0 Å². The van der Waals surface area contributed by atoms with E-state index in [1.54, 1.807) is 0 Å². The third-order valence-corrected chi connectivity index (χ3v) is 8.34. The van der Waals surface area contributed by atoms with Gasteiger partial charge in [-0.3, -0.25) is 0 Å². The van der Waals surface area contributed by atoms with Crippen LogP contribution in [0, 0.1) is 5.41 Å². The normalized spacial score (nSPS) is 25.6. The number of ether oxygens (including phenoxy) is 3. The van der Waals surface area contributed by atoms with Crippen LogP contribution in [0.5, 0.6) is 0 Å². The predicted molar refractivity (Wildman–Crippen MR) is 134 cm³/mol. The molecule has 0 saturated carbocycles. The molecule has 1 saturated heterocycles. The molecule has 34 heavy (non-hydrogen) atoms. The molecule has 1 spiro atoms. The number of hydrogen-bond donors (Lipinski definition) is 0. The first kappa shape index (κ1) is 23.9. The van der Waals surface area contributed by atoms with E-state index in [1.165, 1.54) is 28.0 Å². The summed E-state index contributed by atoms with van der Waals surface area (Å²) in [6.07, 6.45) is 0.795. The van der Waals surface area contributed by atoms with E-state index < -0.39 is 5.72 Å². The van der Waals surface area contributed by atoms with Gasteiger partial charge in [-0.1, -0.05) is 0 Å². The molecule has 2 atom stereocenters. The monoisotopic (exact) mass is 559 g/mol. The molecule has 2 aromatic rings. The van der Waals surface area contributed by atoms with Gasteiger partial charge in [0.25, 0.3) is 0 Å². The Kier molecular flexibility index (Phi) is 6.59. The van der Waals surface area contributed by atoms with Gasteiger partial charge in [0.2, 0.25) is 0 Å². The molecule has 4 nitrogen and oxygen atoms in total. The Morgan fingerprint density at radius 1 is 1.00 bits per heavy atom. The van der Waals surface area contributed by atoms with Gasteiger partial charge in [-0.2, -0.15) is 0 Å². The molecule has 5 rings (SSSR count). The molecule has 2 aromatic carbocycles. The van der Waals surface area contributed by atoms with Crippen molar-refractivity contribution in [1.82, 2.24) is 4.90 Å². The van der Waals surface area contributed by atoms with Crippen molar-refractivity contribution in [1.29, 1.82) is 0 Å². The molecule has 0 bridgehead atoms. The van der Waals surface area contributed by atoms with Crippen molar-refractivity contribution in [3.05, 3.63) is 82.9 Å². The number of hydrogen-bond acceptors (Lipinski definition) is 4. The quantitative estimate of drug-likeness (QED) is 0.451. The topological polar surface area (TPSA) is 30.9 Å². The summed E-state index contributed by atoms with van der Waals surface area (Å²) in [6, 6.07) is 21.2. The van der Waals surface area contributed by atoms with E-state index >= 15 is 0 Å². The van der Waals surface area contributed by atoms with Crippen LogP contribution < -0.4 is 0 Å². The van der Waals surface area contributed by atoms with Gasteiger partial charge in [-0.05, 0) is 0 Å². The zero-order valence-corrected chi connectivity index (χ0v) is 22.8. The van der Waals surface area contributed by atoms with Crippen LogP contribution in [0.15, 0.2) is 71.8 Å². The fourth-order valence-corrected chi connectivity index (χ4v) is 7.11. The number of benzene rings is 2. The average molecular weight is 559 g/mol. The van der Waals surface area contributed by atoms with Crippen LogP contribution in [0.25, 0.3) is 11.3 Å². The van der Waals surface area contributed by atoms with Crippen molar-refractivity contribution < 1.29 is 30.1 Å². The summed E-state index contributed by atoms with van der Waals surface area (Å²) in [7, 11) is 0. The Morgan fingerprint density at radius 3 is 2.24 bits per heavy atom. The van der Waals surface area contributed by atoms with Crippen LogP contribution >= 0.6 is 0 Å². The van der Waals surface area contributed by atoms with Crippen molar-refractivity contribution in [3.8, 4) is 0 Å². The average Bonchev–Trinajstić information content (AvgIpc) is 3.30. The van der Waals surface area contributed by atoms with Crippen molar-refractivity contribution in [2.75, 3.05) is 26.4 Å². The van der Waals surface area contributed by atoms with E-state index in [-0.39, 0.29) is 5.41 Å². The van der Waals surface area contributed by atoms with Crippen LogP contribution in [-0.4, -0.2) is 61.7 Å². The first-order chi connectivity index (χ1) is 16.5. The predicted octanol–water partition coefficient (Wildman–Crippen LogP) is 4.35. The van der Waals surface area contributed by atoms with Crippen LogP contribution in [0.1, 0.15) is 38.3 Å². The zero-order valence-electron chi connectivity index (χ0n) is 19.8. The van der Waals surface area contributed by atoms with Crippen molar-refractivity contribution in [2.45, 2.75) is 32.9 Å². The molecule has 0 amide bonds. The zero-order chi connectivity index (χ0) is 23.9. The summed E-state index contributed by atoms with van der Waals surface area (Å²) in [5.41, 5.74) is 6.24. The molecule has 1 fully saturated rings. The van der Waals surface area contributed by atoms with E-state index in [4.69, 9.17) is 14.2 Å². The minimum absolute atomic E-state index is 0.286. The van der Waals surface area contributed by atoms with Crippen LogP contribution in [0.4, 0.5) is 0 Å². The summed E-state index contributed by atoms with van der Waals surface area (Å²) in [5.74, 6) is 0. The summed E-state index contributed by atoms with van der Waals surface area (Å²) in [4.78, 5) is 2.45. The van der Waals surface area contributed by atoms with Crippen LogP contribution in [0.3, 0.4) is 0 Å². The van der Waals surface area contributed by atoms with Gasteiger partial charge >= 0.3 is 219 Å². The number of rotatable bonds is 8. The summed E-state index contributed by atoms with van der Waals surface area (Å²) in [5, 5.41) is 0. The molecule has 1 aliphatic carbocycles. The second-order valence-electron chi connectivity index (χ2n) is 8.90. The molecule has 2 unspecified atom stereocenters. The number of nitrogens with zero attached hydrogens (tertiary/aromatic N) is 1. The molecular formula is C28H29CrNO3Se. The minimum atomic E-state index is -0.602. The Balaban J connectivity index is 1.77. The SMILES string of the molecule is CCO[C](=[Cr])C1=C(c2ccccc2)N2CCOC23C(C(=[Se])OCC)=C(c2ccccc2)C3(C)C1. The van der Waals surface area contributed by atoms with E-state index in [2.05, 4.69) is 104 Å². The molecule has 2 aliphatic heterocycles. The first-order valence-corrected chi connectivity index (χ1v) is 13.3. The van der Waals surface area contributed by atoms with Gasteiger partial charge in [0.15, 0.2) is 0 Å². The van der Waals surface area contributed by atoms with Gasteiger partial charge in [-0.15, -0.1) is 0 Å². The first-order valence-electron chi connectivity index (χ1n) is 11.8. The Labute approximate surface area is 217 Å². The Bertz CT molecular complexity index is 1190. The van der Waals surface area contributed by atoms with Gasteiger partial charge < -0.3 is 0 Å². The van der Waals surface area contributed by atoms with E-state index in [0.29, 0.717) is 19.8 Å². The maximum atomic E-state index is 6.77. The van der Waals surface area contributed by atoms with E-state index in [1.807, 2.05) is 13.8 Å². The third kappa shape index (κ3) is 3.39. The van der Waals surface area contributed by atoms with Crippen molar-refractivity contribution >= 4 is 36.0 Å². The van der Waals surface area contributed by atoms with Crippen molar-refractivity contribution in [2.24, 2.45) is 5.41 Å². The van der Waals surface area contributed by atoms with Gasteiger partial charge in [0.05, 0.1) is 0 Å². The van der Waals surface area contributed by atoms with E-state index in [0.717, 1.165) is 27.7 Å². The fourth-order valence-electron chi connectivity index (χ4n) is 5.91. The summed E-state index contributed by atoms with van der Waals surface area (Å²) in [6.45, 7) is 9.05. The second kappa shape index (κ2) is 9.36. The molecule has 0 aromatic heterocycles. The molecule has 0 N–H and O–H groups in total. The Morgan fingerprint density at radius 2 is 1.62 bits per heavy atom. The molecule has 2 heterocycles. The Hall–Kier alpha value is -1.77. The molecule has 3 aliphatic rings. The third-order valence-electron chi connectivity index (χ3n) is 7.09. The second-order valence-corrected chi connectivity index (χ2v) is 10.3. The summed E-state index contributed by atoms with van der Waals surface area (Å²) < 4.78 is 20.6. The standard InChI is InChI=1S/C28H29NO3Se.Cr/c1-4-30-19-22-18-27(3)23(20-12-8-6-9-13-20)24(26(33)31-5-2)28(27)29(16-17-32-28)25(22)21-14-10-7-11-15-21;/h6-15H,4-5,16-18H2,1-3H3;. The van der Waals surface area contributed by atoms with Crippen molar-refractivity contribution in [3.63, 3.8) is 0 Å². The summed E-state index contributed by atoms with van der Waals surface area (Å²) >= 11 is 6.45. The molecular weight excluding hydrogens is 529 g/mol.